The number of rotatable bonds is 2. The molecule has 82 valence electrons. The van der Waals surface area contributed by atoms with E-state index in [0.717, 1.165) is 18.8 Å². The summed E-state index contributed by atoms with van der Waals surface area (Å²) >= 11 is 0. The lowest BCUT2D eigenvalue weighted by molar-refractivity contribution is -0.154. The predicted molar refractivity (Wildman–Crippen MR) is 56.9 cm³/mol. The van der Waals surface area contributed by atoms with Crippen LogP contribution >= 0.6 is 0 Å². The lowest BCUT2D eigenvalue weighted by Crippen LogP contribution is -2.29. The minimum Gasteiger partial charge on any atom is -0.463 e. The fourth-order valence-corrected chi connectivity index (χ4v) is 2.09. The Morgan fingerprint density at radius 3 is 2.36 bits per heavy atom. The van der Waals surface area contributed by atoms with Crippen LogP contribution in [0, 0.1) is 17.8 Å². The van der Waals surface area contributed by atoms with Crippen molar-refractivity contribution in [2.24, 2.45) is 17.8 Å². The Labute approximate surface area is 87.0 Å². The van der Waals surface area contributed by atoms with Crippen molar-refractivity contribution in [2.75, 3.05) is 0 Å². The fourth-order valence-electron chi connectivity index (χ4n) is 2.09. The van der Waals surface area contributed by atoms with E-state index in [1.807, 2.05) is 13.8 Å². The average Bonchev–Trinajstić information content (AvgIpc) is 2.08. The van der Waals surface area contributed by atoms with E-state index in [1.54, 1.807) is 0 Å². The van der Waals surface area contributed by atoms with Crippen LogP contribution in [0.1, 0.15) is 47.0 Å². The standard InChI is InChI=1S/C12H22O2/c1-8(2)14-12(13)11-6-5-9(3)10(4)7-11/h8-11H,5-7H2,1-4H3/t9?,10-,11+/m0/s1. The maximum atomic E-state index is 11.6. The van der Waals surface area contributed by atoms with Crippen molar-refractivity contribution in [2.45, 2.75) is 53.1 Å². The van der Waals surface area contributed by atoms with E-state index in [0.29, 0.717) is 5.92 Å². The van der Waals surface area contributed by atoms with Gasteiger partial charge < -0.3 is 4.74 Å². The molecule has 0 radical (unpaired) electrons. The van der Waals surface area contributed by atoms with E-state index in [9.17, 15) is 4.79 Å². The maximum Gasteiger partial charge on any atom is 0.309 e. The normalized spacial score (nSPS) is 33.1. The van der Waals surface area contributed by atoms with Crippen LogP contribution in [-0.2, 0) is 9.53 Å². The summed E-state index contributed by atoms with van der Waals surface area (Å²) in [6.45, 7) is 8.33. The molecule has 0 heterocycles. The third-order valence-electron chi connectivity index (χ3n) is 3.28. The van der Waals surface area contributed by atoms with E-state index in [1.165, 1.54) is 6.42 Å². The van der Waals surface area contributed by atoms with Gasteiger partial charge >= 0.3 is 5.97 Å². The summed E-state index contributed by atoms with van der Waals surface area (Å²) in [6, 6.07) is 0. The smallest absolute Gasteiger partial charge is 0.309 e. The Bertz CT molecular complexity index is 198. The minimum absolute atomic E-state index is 0.0127. The van der Waals surface area contributed by atoms with Crippen molar-refractivity contribution < 1.29 is 9.53 Å². The van der Waals surface area contributed by atoms with Gasteiger partial charge in [-0.25, -0.2) is 0 Å². The molecule has 0 aromatic rings. The first-order valence-electron chi connectivity index (χ1n) is 5.71. The Kier molecular flexibility index (Phi) is 3.97. The highest BCUT2D eigenvalue weighted by molar-refractivity contribution is 5.72. The summed E-state index contributed by atoms with van der Waals surface area (Å²) in [4.78, 5) is 11.6. The minimum atomic E-state index is 0.0127. The quantitative estimate of drug-likeness (QED) is 0.637. The van der Waals surface area contributed by atoms with Gasteiger partial charge in [0.1, 0.15) is 0 Å². The van der Waals surface area contributed by atoms with Crippen LogP contribution in [0.2, 0.25) is 0 Å². The molecule has 0 aromatic heterocycles. The highest BCUT2D eigenvalue weighted by Gasteiger charge is 2.30. The molecule has 0 aliphatic heterocycles. The number of carbonyl (C=O) groups excluding carboxylic acids is 1. The van der Waals surface area contributed by atoms with Gasteiger partial charge in [0.15, 0.2) is 0 Å². The molecule has 0 aromatic carbocycles. The van der Waals surface area contributed by atoms with Crippen molar-refractivity contribution in [1.82, 2.24) is 0 Å². The zero-order valence-corrected chi connectivity index (χ0v) is 9.75. The lowest BCUT2D eigenvalue weighted by Gasteiger charge is -2.31. The number of hydrogen-bond acceptors (Lipinski definition) is 2. The van der Waals surface area contributed by atoms with E-state index in [4.69, 9.17) is 4.74 Å². The van der Waals surface area contributed by atoms with Crippen LogP contribution in [0.4, 0.5) is 0 Å². The zero-order valence-electron chi connectivity index (χ0n) is 9.75. The first-order valence-corrected chi connectivity index (χ1v) is 5.71. The molecule has 3 atom stereocenters. The lowest BCUT2D eigenvalue weighted by atomic mass is 9.76. The highest BCUT2D eigenvalue weighted by atomic mass is 16.5. The molecule has 0 spiro atoms. The fraction of sp³-hybridized carbons (Fsp3) is 0.917. The van der Waals surface area contributed by atoms with Crippen molar-refractivity contribution in [3.63, 3.8) is 0 Å². The molecule has 1 aliphatic rings. The molecular weight excluding hydrogens is 176 g/mol. The van der Waals surface area contributed by atoms with Crippen molar-refractivity contribution in [3.05, 3.63) is 0 Å². The Hall–Kier alpha value is -0.530. The molecule has 1 saturated carbocycles. The van der Waals surface area contributed by atoms with E-state index < -0.39 is 0 Å². The summed E-state index contributed by atoms with van der Waals surface area (Å²) in [7, 11) is 0. The topological polar surface area (TPSA) is 26.3 Å². The maximum absolute atomic E-state index is 11.6. The van der Waals surface area contributed by atoms with E-state index >= 15 is 0 Å². The summed E-state index contributed by atoms with van der Waals surface area (Å²) < 4.78 is 5.23. The summed E-state index contributed by atoms with van der Waals surface area (Å²) in [6.07, 6.45) is 3.21. The van der Waals surface area contributed by atoms with Crippen LogP contribution in [0.5, 0.6) is 0 Å². The predicted octanol–water partition coefficient (Wildman–Crippen LogP) is 3.01. The monoisotopic (exact) mass is 198 g/mol. The van der Waals surface area contributed by atoms with Gasteiger partial charge in [-0.3, -0.25) is 4.79 Å². The van der Waals surface area contributed by atoms with Gasteiger partial charge in [0.2, 0.25) is 0 Å². The van der Waals surface area contributed by atoms with Gasteiger partial charge in [0, 0.05) is 0 Å². The second-order valence-corrected chi connectivity index (χ2v) is 4.95. The van der Waals surface area contributed by atoms with Gasteiger partial charge in [-0.1, -0.05) is 13.8 Å². The van der Waals surface area contributed by atoms with E-state index in [2.05, 4.69) is 13.8 Å². The molecule has 2 nitrogen and oxygen atoms in total. The van der Waals surface area contributed by atoms with Crippen LogP contribution in [0.3, 0.4) is 0 Å². The molecule has 1 fully saturated rings. The molecular formula is C12H22O2. The second kappa shape index (κ2) is 4.81. The first-order chi connectivity index (χ1) is 6.50. The van der Waals surface area contributed by atoms with Crippen LogP contribution in [0.15, 0.2) is 0 Å². The van der Waals surface area contributed by atoms with Gasteiger partial charge in [-0.05, 0) is 44.9 Å². The summed E-state index contributed by atoms with van der Waals surface area (Å²) in [5, 5.41) is 0. The summed E-state index contributed by atoms with van der Waals surface area (Å²) in [5.41, 5.74) is 0. The number of esters is 1. The van der Waals surface area contributed by atoms with Crippen LogP contribution < -0.4 is 0 Å². The Morgan fingerprint density at radius 1 is 1.21 bits per heavy atom. The average molecular weight is 198 g/mol. The number of carbonyl (C=O) groups is 1. The molecule has 1 rings (SSSR count). The summed E-state index contributed by atoms with van der Waals surface area (Å²) in [5.74, 6) is 1.59. The third-order valence-corrected chi connectivity index (χ3v) is 3.28. The first kappa shape index (κ1) is 11.5. The third kappa shape index (κ3) is 3.00. The second-order valence-electron chi connectivity index (χ2n) is 4.95. The molecule has 1 unspecified atom stereocenters. The van der Waals surface area contributed by atoms with Crippen molar-refractivity contribution >= 4 is 5.97 Å². The Balaban J connectivity index is 2.42. The molecule has 0 saturated heterocycles. The van der Waals surface area contributed by atoms with Gasteiger partial charge in [-0.15, -0.1) is 0 Å². The Morgan fingerprint density at radius 2 is 1.86 bits per heavy atom. The molecule has 1 aliphatic carbocycles. The molecule has 2 heteroatoms. The highest BCUT2D eigenvalue weighted by Crippen LogP contribution is 2.33. The van der Waals surface area contributed by atoms with Crippen molar-refractivity contribution in [1.29, 1.82) is 0 Å². The van der Waals surface area contributed by atoms with Crippen molar-refractivity contribution in [3.8, 4) is 0 Å². The van der Waals surface area contributed by atoms with Gasteiger partial charge in [-0.2, -0.15) is 0 Å². The molecule has 0 bridgehead atoms. The van der Waals surface area contributed by atoms with Crippen LogP contribution in [0.25, 0.3) is 0 Å². The zero-order chi connectivity index (χ0) is 10.7. The SMILES string of the molecule is CC(C)OC(=O)[C@@H]1CCC(C)[C@@H](C)C1. The van der Waals surface area contributed by atoms with Crippen LogP contribution in [-0.4, -0.2) is 12.1 Å². The van der Waals surface area contributed by atoms with Gasteiger partial charge in [0.25, 0.3) is 0 Å². The number of hydrogen-bond donors (Lipinski definition) is 0. The molecule has 0 amide bonds. The molecule has 0 N–H and O–H groups in total. The number of ether oxygens (including phenoxy) is 1. The largest absolute Gasteiger partial charge is 0.463 e. The van der Waals surface area contributed by atoms with Gasteiger partial charge in [0.05, 0.1) is 12.0 Å². The van der Waals surface area contributed by atoms with E-state index in [-0.39, 0.29) is 18.0 Å². The molecule has 14 heavy (non-hydrogen) atoms.